The summed E-state index contributed by atoms with van der Waals surface area (Å²) in [5, 5.41) is 0.301. The van der Waals surface area contributed by atoms with E-state index in [0.29, 0.717) is 28.7 Å². The predicted octanol–water partition coefficient (Wildman–Crippen LogP) is 4.46. The van der Waals surface area contributed by atoms with Crippen molar-refractivity contribution in [3.05, 3.63) is 64.2 Å². The maximum Gasteiger partial charge on any atom is 0.331 e. The average Bonchev–Trinajstić information content (AvgIpc) is 2.66. The number of hydrogen-bond acceptors (Lipinski definition) is 5. The Morgan fingerprint density at radius 2 is 1.89 bits per heavy atom. The van der Waals surface area contributed by atoms with Gasteiger partial charge in [-0.05, 0) is 48.9 Å². The Labute approximate surface area is 165 Å². The fourth-order valence-electron chi connectivity index (χ4n) is 2.25. The summed E-state index contributed by atoms with van der Waals surface area (Å²) in [5.41, 5.74) is 0.456. The molecule has 0 aromatic heterocycles. The molecule has 0 atom stereocenters. The minimum absolute atomic E-state index is 0.0982. The third-order valence-electron chi connectivity index (χ3n) is 3.53. The maximum absolute atomic E-state index is 13.1. The van der Waals surface area contributed by atoms with Crippen LogP contribution < -0.4 is 9.47 Å². The average molecular weight is 411 g/mol. The van der Waals surface area contributed by atoms with Crippen LogP contribution in [0.1, 0.15) is 22.8 Å². The SMILES string of the molecule is CCOc1cc(/C=C/C(=O)OCC(=O)c2ccc(F)c(F)c2)cc(Cl)c1OC. The summed E-state index contributed by atoms with van der Waals surface area (Å²) in [4.78, 5) is 23.7. The van der Waals surface area contributed by atoms with Gasteiger partial charge in [-0.3, -0.25) is 4.79 Å². The molecule has 148 valence electrons. The molecule has 0 amide bonds. The van der Waals surface area contributed by atoms with Crippen LogP contribution in [-0.4, -0.2) is 32.1 Å². The number of esters is 1. The van der Waals surface area contributed by atoms with Crippen molar-refractivity contribution in [2.45, 2.75) is 6.92 Å². The van der Waals surface area contributed by atoms with Gasteiger partial charge in [-0.2, -0.15) is 0 Å². The van der Waals surface area contributed by atoms with E-state index in [9.17, 15) is 18.4 Å². The third-order valence-corrected chi connectivity index (χ3v) is 3.82. The third kappa shape index (κ3) is 5.53. The topological polar surface area (TPSA) is 61.8 Å². The van der Waals surface area contributed by atoms with E-state index in [1.807, 2.05) is 0 Å². The molecule has 0 saturated heterocycles. The molecule has 0 spiro atoms. The Balaban J connectivity index is 2.01. The van der Waals surface area contributed by atoms with Gasteiger partial charge in [0.2, 0.25) is 0 Å². The normalized spacial score (nSPS) is 10.8. The Kier molecular flexibility index (Phi) is 7.52. The first kappa shape index (κ1) is 21.4. The molecule has 0 unspecified atom stereocenters. The van der Waals surface area contributed by atoms with Crippen molar-refractivity contribution in [1.29, 1.82) is 0 Å². The number of hydrogen-bond donors (Lipinski definition) is 0. The molecule has 2 aromatic rings. The van der Waals surface area contributed by atoms with Gasteiger partial charge < -0.3 is 14.2 Å². The van der Waals surface area contributed by atoms with Crippen LogP contribution in [0, 0.1) is 11.6 Å². The molecule has 0 heterocycles. The first-order valence-corrected chi connectivity index (χ1v) is 8.57. The highest BCUT2D eigenvalue weighted by Crippen LogP contribution is 2.36. The summed E-state index contributed by atoms with van der Waals surface area (Å²) in [5.74, 6) is -2.88. The Bertz CT molecular complexity index is 912. The van der Waals surface area contributed by atoms with Gasteiger partial charge in [0.15, 0.2) is 35.5 Å². The van der Waals surface area contributed by atoms with Crippen molar-refractivity contribution in [3.63, 3.8) is 0 Å². The zero-order chi connectivity index (χ0) is 20.7. The van der Waals surface area contributed by atoms with Crippen LogP contribution in [0.4, 0.5) is 8.78 Å². The van der Waals surface area contributed by atoms with E-state index in [1.54, 1.807) is 19.1 Å². The molecule has 0 N–H and O–H groups in total. The van der Waals surface area contributed by atoms with Crippen molar-refractivity contribution in [2.24, 2.45) is 0 Å². The van der Waals surface area contributed by atoms with Crippen molar-refractivity contribution < 1.29 is 32.6 Å². The van der Waals surface area contributed by atoms with Gasteiger partial charge >= 0.3 is 5.97 Å². The van der Waals surface area contributed by atoms with Crippen LogP contribution >= 0.6 is 11.6 Å². The summed E-state index contributed by atoms with van der Waals surface area (Å²) in [6, 6.07) is 5.88. The number of carbonyl (C=O) groups excluding carboxylic acids is 2. The number of methoxy groups -OCH3 is 1. The molecule has 0 aliphatic carbocycles. The molecule has 0 saturated carbocycles. The van der Waals surface area contributed by atoms with Gasteiger partial charge in [-0.15, -0.1) is 0 Å². The highest BCUT2D eigenvalue weighted by atomic mass is 35.5. The van der Waals surface area contributed by atoms with Crippen molar-refractivity contribution in [3.8, 4) is 11.5 Å². The lowest BCUT2D eigenvalue weighted by Gasteiger charge is -2.11. The molecule has 0 radical (unpaired) electrons. The second-order valence-electron chi connectivity index (χ2n) is 5.46. The number of carbonyl (C=O) groups is 2. The quantitative estimate of drug-likeness (QED) is 0.365. The lowest BCUT2D eigenvalue weighted by Crippen LogP contribution is -2.13. The number of halogens is 3. The lowest BCUT2D eigenvalue weighted by atomic mass is 10.1. The van der Waals surface area contributed by atoms with Gasteiger partial charge in [0.1, 0.15) is 0 Å². The first-order chi connectivity index (χ1) is 13.3. The number of ketones is 1. The van der Waals surface area contributed by atoms with Gasteiger partial charge in [-0.25, -0.2) is 13.6 Å². The molecular weight excluding hydrogens is 394 g/mol. The van der Waals surface area contributed by atoms with Crippen molar-refractivity contribution in [2.75, 3.05) is 20.3 Å². The fourth-order valence-corrected chi connectivity index (χ4v) is 2.54. The standard InChI is InChI=1S/C20H17ClF2O5/c1-3-27-18-9-12(8-14(21)20(18)26-2)4-7-19(25)28-11-17(24)13-5-6-15(22)16(23)10-13/h4-10H,3,11H2,1-2H3/b7-4+. The molecular formula is C20H17ClF2O5. The molecule has 0 bridgehead atoms. The Morgan fingerprint density at radius 3 is 2.54 bits per heavy atom. The van der Waals surface area contributed by atoms with E-state index in [0.717, 1.165) is 24.3 Å². The van der Waals surface area contributed by atoms with E-state index >= 15 is 0 Å². The maximum atomic E-state index is 13.1. The number of benzene rings is 2. The second-order valence-corrected chi connectivity index (χ2v) is 5.87. The van der Waals surface area contributed by atoms with Crippen LogP contribution in [0.25, 0.3) is 6.08 Å². The van der Waals surface area contributed by atoms with Crippen LogP contribution in [0.5, 0.6) is 11.5 Å². The minimum Gasteiger partial charge on any atom is -0.491 e. The molecule has 8 heteroatoms. The molecule has 2 rings (SSSR count). The zero-order valence-electron chi connectivity index (χ0n) is 15.1. The van der Waals surface area contributed by atoms with E-state index in [4.69, 9.17) is 25.8 Å². The van der Waals surface area contributed by atoms with E-state index < -0.39 is 30.0 Å². The van der Waals surface area contributed by atoms with E-state index in [1.165, 1.54) is 13.2 Å². The Morgan fingerprint density at radius 1 is 1.14 bits per heavy atom. The van der Waals surface area contributed by atoms with Crippen LogP contribution in [-0.2, 0) is 9.53 Å². The van der Waals surface area contributed by atoms with E-state index in [2.05, 4.69) is 0 Å². The Hall–Kier alpha value is -2.93. The summed E-state index contributed by atoms with van der Waals surface area (Å²) >= 11 is 6.12. The number of rotatable bonds is 8. The van der Waals surface area contributed by atoms with Gasteiger partial charge in [0.05, 0.1) is 18.7 Å². The van der Waals surface area contributed by atoms with Crippen LogP contribution in [0.3, 0.4) is 0 Å². The van der Waals surface area contributed by atoms with Gasteiger partial charge in [-0.1, -0.05) is 11.6 Å². The molecule has 0 fully saturated rings. The van der Waals surface area contributed by atoms with Crippen LogP contribution in [0.2, 0.25) is 5.02 Å². The predicted molar refractivity (Wildman–Crippen MR) is 99.9 cm³/mol. The molecule has 2 aromatic carbocycles. The monoisotopic (exact) mass is 410 g/mol. The minimum atomic E-state index is -1.15. The number of ether oxygens (including phenoxy) is 3. The number of Topliss-reactive ketones (excluding diaryl/α,β-unsaturated/α-hetero) is 1. The van der Waals surface area contributed by atoms with Crippen molar-refractivity contribution in [1.82, 2.24) is 0 Å². The molecule has 5 nitrogen and oxygen atoms in total. The summed E-state index contributed by atoms with van der Waals surface area (Å²) in [6.45, 7) is 1.59. The summed E-state index contributed by atoms with van der Waals surface area (Å²) < 4.78 is 41.5. The second kappa shape index (κ2) is 9.85. The zero-order valence-corrected chi connectivity index (χ0v) is 15.9. The highest BCUT2D eigenvalue weighted by molar-refractivity contribution is 6.32. The molecule has 0 aliphatic heterocycles. The van der Waals surface area contributed by atoms with Crippen LogP contribution in [0.15, 0.2) is 36.4 Å². The lowest BCUT2D eigenvalue weighted by molar-refractivity contribution is -0.136. The molecule has 0 aliphatic rings. The first-order valence-electron chi connectivity index (χ1n) is 8.19. The molecule has 28 heavy (non-hydrogen) atoms. The van der Waals surface area contributed by atoms with Gasteiger partial charge in [0, 0.05) is 11.6 Å². The largest absolute Gasteiger partial charge is 0.491 e. The summed E-state index contributed by atoms with van der Waals surface area (Å²) in [6.07, 6.45) is 2.53. The fraction of sp³-hybridized carbons (Fsp3) is 0.200. The smallest absolute Gasteiger partial charge is 0.331 e. The highest BCUT2D eigenvalue weighted by Gasteiger charge is 2.13. The van der Waals surface area contributed by atoms with E-state index in [-0.39, 0.29) is 5.56 Å². The van der Waals surface area contributed by atoms with Crippen molar-refractivity contribution >= 4 is 29.4 Å². The van der Waals surface area contributed by atoms with Gasteiger partial charge in [0.25, 0.3) is 0 Å². The summed E-state index contributed by atoms with van der Waals surface area (Å²) in [7, 11) is 1.46.